The van der Waals surface area contributed by atoms with Crippen molar-refractivity contribution in [2.45, 2.75) is 30.3 Å². The summed E-state index contributed by atoms with van der Waals surface area (Å²) in [4.78, 5) is 11.7. The van der Waals surface area contributed by atoms with Gasteiger partial charge in [0.25, 0.3) is 10.0 Å². The minimum atomic E-state index is -4.91. The minimum Gasteiger partial charge on any atom is -0.273 e. The number of nitriles is 1. The van der Waals surface area contributed by atoms with Crippen molar-refractivity contribution in [2.24, 2.45) is 0 Å². The molecule has 0 aromatic heterocycles. The molecule has 0 spiro atoms. The predicted octanol–water partition coefficient (Wildman–Crippen LogP) is 3.58. The lowest BCUT2D eigenvalue weighted by molar-refractivity contribution is -0.137. The molecule has 0 aliphatic heterocycles. The topological polar surface area (TPSA) is 87.0 Å². The number of alkyl halides is 3. The van der Waals surface area contributed by atoms with Crippen molar-refractivity contribution >= 4 is 15.9 Å². The highest BCUT2D eigenvalue weighted by molar-refractivity contribution is 7.90. The number of halogens is 3. The largest absolute Gasteiger partial charge is 0.417 e. The summed E-state index contributed by atoms with van der Waals surface area (Å²) in [6.45, 7) is 1.69. The summed E-state index contributed by atoms with van der Waals surface area (Å²) in [5.74, 6) is -1.62. The summed E-state index contributed by atoms with van der Waals surface area (Å²) in [5, 5.41) is 8.78. The van der Waals surface area contributed by atoms with Crippen molar-refractivity contribution in [3.63, 3.8) is 0 Å². The van der Waals surface area contributed by atoms with Crippen LogP contribution < -0.4 is 4.72 Å². The van der Waals surface area contributed by atoms with Crippen LogP contribution >= 0.6 is 0 Å². The molecule has 0 unspecified atom stereocenters. The van der Waals surface area contributed by atoms with Gasteiger partial charge in [0.05, 0.1) is 28.0 Å². The van der Waals surface area contributed by atoms with E-state index in [0.717, 1.165) is 12.1 Å². The Kier molecular flexibility index (Phi) is 5.91. The fourth-order valence-electron chi connectivity index (χ4n) is 2.54. The van der Waals surface area contributed by atoms with E-state index in [2.05, 4.69) is 0 Å². The molecule has 0 aliphatic rings. The van der Waals surface area contributed by atoms with Crippen LogP contribution in [0.1, 0.15) is 36.0 Å². The molecule has 5 nitrogen and oxygen atoms in total. The van der Waals surface area contributed by atoms with Crippen LogP contribution in [-0.4, -0.2) is 14.3 Å². The number of carbonyl (C=O) groups excluding carboxylic acids is 1. The molecule has 27 heavy (non-hydrogen) atoms. The van der Waals surface area contributed by atoms with Crippen LogP contribution in [-0.2, 0) is 21.0 Å². The Hall–Kier alpha value is -2.86. The first kappa shape index (κ1) is 20.5. The number of benzene rings is 2. The van der Waals surface area contributed by atoms with Gasteiger partial charge in [0.1, 0.15) is 0 Å². The molecule has 0 radical (unpaired) electrons. The molecule has 1 N–H and O–H groups in total. The lowest BCUT2D eigenvalue weighted by atomic mass is 9.96. The Bertz CT molecular complexity index is 981. The zero-order valence-corrected chi connectivity index (χ0v) is 14.9. The van der Waals surface area contributed by atoms with E-state index < -0.39 is 44.0 Å². The summed E-state index contributed by atoms with van der Waals surface area (Å²) in [7, 11) is -4.54. The van der Waals surface area contributed by atoms with Gasteiger partial charge in [0.15, 0.2) is 0 Å². The first-order chi connectivity index (χ1) is 12.6. The zero-order valence-electron chi connectivity index (χ0n) is 14.1. The molecular formula is C18H15F3N2O3S. The van der Waals surface area contributed by atoms with Crippen molar-refractivity contribution in [1.82, 2.24) is 4.72 Å². The Morgan fingerprint density at radius 1 is 1.19 bits per heavy atom. The monoisotopic (exact) mass is 396 g/mol. The number of hydrogen-bond donors (Lipinski definition) is 1. The van der Waals surface area contributed by atoms with E-state index in [1.165, 1.54) is 6.07 Å². The van der Waals surface area contributed by atoms with Gasteiger partial charge >= 0.3 is 6.18 Å². The van der Waals surface area contributed by atoms with Crippen LogP contribution in [0.15, 0.2) is 53.4 Å². The molecule has 2 aromatic carbocycles. The summed E-state index contributed by atoms with van der Waals surface area (Å²) in [6, 6.07) is 11.8. The van der Waals surface area contributed by atoms with Crippen LogP contribution in [0, 0.1) is 11.3 Å². The van der Waals surface area contributed by atoms with E-state index in [-0.39, 0.29) is 0 Å². The smallest absolute Gasteiger partial charge is 0.273 e. The van der Waals surface area contributed by atoms with Crippen molar-refractivity contribution in [1.29, 1.82) is 5.26 Å². The third-order valence-electron chi connectivity index (χ3n) is 3.89. The predicted molar refractivity (Wildman–Crippen MR) is 91.0 cm³/mol. The second kappa shape index (κ2) is 7.80. The van der Waals surface area contributed by atoms with Gasteiger partial charge in [0, 0.05) is 0 Å². The standard InChI is InChI=1S/C18H15F3N2O3S/c1-2-15(12-6-4-3-5-7-12)17(24)23-27(25,26)14-9-8-13(11-22)16(10-14)18(19,20)21/h3-10,15H,2H2,1H3,(H,23,24)/t15-/m1/s1. The molecule has 9 heteroatoms. The van der Waals surface area contributed by atoms with Crippen LogP contribution in [0.5, 0.6) is 0 Å². The molecule has 0 aliphatic carbocycles. The molecule has 0 saturated carbocycles. The van der Waals surface area contributed by atoms with Gasteiger partial charge in [-0.3, -0.25) is 4.79 Å². The van der Waals surface area contributed by atoms with Crippen molar-refractivity contribution in [3.05, 3.63) is 65.2 Å². The number of sulfonamides is 1. The number of nitrogens with zero attached hydrogens (tertiary/aromatic N) is 1. The van der Waals surface area contributed by atoms with E-state index in [0.29, 0.717) is 18.1 Å². The first-order valence-corrected chi connectivity index (χ1v) is 9.31. The molecule has 1 amide bonds. The minimum absolute atomic E-state index is 0.298. The number of hydrogen-bond acceptors (Lipinski definition) is 4. The van der Waals surface area contributed by atoms with Crippen molar-refractivity contribution in [2.75, 3.05) is 0 Å². The van der Waals surface area contributed by atoms with E-state index in [1.807, 2.05) is 4.72 Å². The van der Waals surface area contributed by atoms with Gasteiger partial charge in [-0.25, -0.2) is 13.1 Å². The Morgan fingerprint density at radius 3 is 2.33 bits per heavy atom. The quantitative estimate of drug-likeness (QED) is 0.837. The van der Waals surface area contributed by atoms with Gasteiger partial charge in [-0.2, -0.15) is 18.4 Å². The zero-order chi connectivity index (χ0) is 20.2. The number of amides is 1. The molecule has 0 heterocycles. The highest BCUT2D eigenvalue weighted by Crippen LogP contribution is 2.33. The molecule has 2 rings (SSSR count). The van der Waals surface area contributed by atoms with Gasteiger partial charge < -0.3 is 0 Å². The fourth-order valence-corrected chi connectivity index (χ4v) is 3.59. The van der Waals surface area contributed by atoms with E-state index >= 15 is 0 Å². The first-order valence-electron chi connectivity index (χ1n) is 7.83. The molecule has 1 atom stereocenters. The summed E-state index contributed by atoms with van der Waals surface area (Å²) in [6.07, 6.45) is -4.61. The average molecular weight is 396 g/mol. The number of nitrogens with one attached hydrogen (secondary N) is 1. The molecular weight excluding hydrogens is 381 g/mol. The number of rotatable bonds is 5. The third kappa shape index (κ3) is 4.65. The third-order valence-corrected chi connectivity index (χ3v) is 5.23. The van der Waals surface area contributed by atoms with Crippen molar-refractivity contribution in [3.8, 4) is 6.07 Å². The van der Waals surface area contributed by atoms with Gasteiger partial charge in [-0.05, 0) is 30.2 Å². The van der Waals surface area contributed by atoms with Gasteiger partial charge in [0.2, 0.25) is 5.91 Å². The lowest BCUT2D eigenvalue weighted by Crippen LogP contribution is -2.34. The Balaban J connectivity index is 2.36. The van der Waals surface area contributed by atoms with E-state index in [9.17, 15) is 26.4 Å². The normalized spacial score (nSPS) is 12.9. The van der Waals surface area contributed by atoms with Crippen molar-refractivity contribution < 1.29 is 26.4 Å². The molecule has 142 valence electrons. The van der Waals surface area contributed by atoms with E-state index in [1.54, 1.807) is 37.3 Å². The summed E-state index contributed by atoms with van der Waals surface area (Å²) >= 11 is 0. The maximum atomic E-state index is 13.0. The Labute approximate surface area is 154 Å². The summed E-state index contributed by atoms with van der Waals surface area (Å²) < 4.78 is 65.7. The maximum Gasteiger partial charge on any atom is 0.417 e. The van der Waals surface area contributed by atoms with Crippen LogP contribution in [0.2, 0.25) is 0 Å². The van der Waals surface area contributed by atoms with Crippen LogP contribution in [0.3, 0.4) is 0 Å². The fraction of sp³-hybridized carbons (Fsp3) is 0.222. The SMILES string of the molecule is CC[C@@H](C(=O)NS(=O)(=O)c1ccc(C#N)c(C(F)(F)F)c1)c1ccccc1. The molecule has 0 saturated heterocycles. The number of carbonyl (C=O) groups is 1. The van der Waals surface area contributed by atoms with Crippen LogP contribution in [0.4, 0.5) is 13.2 Å². The second-order valence-corrected chi connectivity index (χ2v) is 7.34. The highest BCUT2D eigenvalue weighted by Gasteiger charge is 2.35. The molecule has 0 fully saturated rings. The molecule has 0 bridgehead atoms. The maximum absolute atomic E-state index is 13.0. The molecule has 2 aromatic rings. The highest BCUT2D eigenvalue weighted by atomic mass is 32.2. The average Bonchev–Trinajstić information content (AvgIpc) is 2.61. The van der Waals surface area contributed by atoms with Gasteiger partial charge in [-0.15, -0.1) is 0 Å². The summed E-state index contributed by atoms with van der Waals surface area (Å²) in [5.41, 5.74) is -1.50. The lowest BCUT2D eigenvalue weighted by Gasteiger charge is -2.16. The van der Waals surface area contributed by atoms with Gasteiger partial charge in [-0.1, -0.05) is 37.3 Å². The second-order valence-electron chi connectivity index (χ2n) is 5.66. The Morgan fingerprint density at radius 2 is 1.81 bits per heavy atom. The van der Waals surface area contributed by atoms with Crippen LogP contribution in [0.25, 0.3) is 0 Å². The van der Waals surface area contributed by atoms with E-state index in [4.69, 9.17) is 5.26 Å².